The van der Waals surface area contributed by atoms with Crippen molar-refractivity contribution in [1.29, 1.82) is 0 Å². The van der Waals surface area contributed by atoms with Crippen LogP contribution in [0, 0.1) is 0 Å². The molecule has 0 radical (unpaired) electrons. The molecule has 0 spiro atoms. The topological polar surface area (TPSA) is 84.0 Å². The van der Waals surface area contributed by atoms with Gasteiger partial charge in [0, 0.05) is 44.0 Å². The first-order valence-electron chi connectivity index (χ1n) is 8.72. The standard InChI is InChI=1S/C18H22N2O5/c21-14-4-5-15(22)19(14)11-1-8-18(10-3-13-25-18)9-2-12-20-16(23)6-7-17(20)24/h4-7H,1-3,8-13H2. The number of rotatable bonds is 8. The van der Waals surface area contributed by atoms with Crippen LogP contribution in [0.3, 0.4) is 0 Å². The minimum atomic E-state index is -0.279. The van der Waals surface area contributed by atoms with Crippen molar-refractivity contribution in [1.82, 2.24) is 9.80 Å². The van der Waals surface area contributed by atoms with E-state index in [2.05, 4.69) is 0 Å². The van der Waals surface area contributed by atoms with Crippen molar-refractivity contribution in [2.24, 2.45) is 0 Å². The van der Waals surface area contributed by atoms with Crippen molar-refractivity contribution < 1.29 is 23.9 Å². The molecule has 0 aromatic heterocycles. The maximum absolute atomic E-state index is 11.6. The summed E-state index contributed by atoms with van der Waals surface area (Å²) in [5, 5.41) is 0. The predicted molar refractivity (Wildman–Crippen MR) is 88.1 cm³/mol. The summed E-state index contributed by atoms with van der Waals surface area (Å²) < 4.78 is 5.97. The Bertz CT molecular complexity index is 560. The fraction of sp³-hybridized carbons (Fsp3) is 0.556. The molecule has 0 unspecified atom stereocenters. The molecule has 1 saturated heterocycles. The highest BCUT2D eigenvalue weighted by molar-refractivity contribution is 6.13. The van der Waals surface area contributed by atoms with Crippen LogP contribution in [0.2, 0.25) is 0 Å². The van der Waals surface area contributed by atoms with Crippen molar-refractivity contribution in [2.75, 3.05) is 19.7 Å². The fourth-order valence-corrected chi connectivity index (χ4v) is 3.70. The van der Waals surface area contributed by atoms with Gasteiger partial charge in [-0.2, -0.15) is 0 Å². The number of ether oxygens (including phenoxy) is 1. The van der Waals surface area contributed by atoms with Crippen molar-refractivity contribution in [3.05, 3.63) is 24.3 Å². The van der Waals surface area contributed by atoms with Crippen LogP contribution < -0.4 is 0 Å². The normalized spacial score (nSPS) is 22.1. The van der Waals surface area contributed by atoms with Crippen LogP contribution in [0.4, 0.5) is 0 Å². The van der Waals surface area contributed by atoms with Crippen molar-refractivity contribution >= 4 is 23.6 Å². The van der Waals surface area contributed by atoms with E-state index in [1.807, 2.05) is 0 Å². The smallest absolute Gasteiger partial charge is 0.253 e. The molecule has 134 valence electrons. The SMILES string of the molecule is O=C1C=CC(=O)N1CCCC1(CCCN2C(=O)C=CC2=O)CCCO1. The van der Waals surface area contributed by atoms with Crippen LogP contribution >= 0.6 is 0 Å². The van der Waals surface area contributed by atoms with Gasteiger partial charge in [-0.25, -0.2) is 0 Å². The zero-order valence-electron chi connectivity index (χ0n) is 14.1. The number of nitrogens with zero attached hydrogens (tertiary/aromatic N) is 2. The molecule has 0 atom stereocenters. The van der Waals surface area contributed by atoms with Crippen LogP contribution in [0.1, 0.15) is 38.5 Å². The van der Waals surface area contributed by atoms with E-state index in [-0.39, 0.29) is 29.2 Å². The minimum absolute atomic E-state index is 0.259. The van der Waals surface area contributed by atoms with Crippen LogP contribution in [0.5, 0.6) is 0 Å². The average Bonchev–Trinajstić information content (AvgIpc) is 3.26. The van der Waals surface area contributed by atoms with Crippen LogP contribution in [-0.4, -0.2) is 58.7 Å². The van der Waals surface area contributed by atoms with E-state index in [1.165, 1.54) is 34.1 Å². The van der Waals surface area contributed by atoms with E-state index >= 15 is 0 Å². The lowest BCUT2D eigenvalue weighted by atomic mass is 9.89. The quantitative estimate of drug-likeness (QED) is 0.611. The third kappa shape index (κ3) is 3.87. The van der Waals surface area contributed by atoms with Gasteiger partial charge in [-0.1, -0.05) is 0 Å². The predicted octanol–water partition coefficient (Wildman–Crippen LogP) is 0.946. The summed E-state index contributed by atoms with van der Waals surface area (Å²) in [5.74, 6) is -1.04. The Morgan fingerprint density at radius 1 is 0.800 bits per heavy atom. The summed E-state index contributed by atoms with van der Waals surface area (Å²) in [5.41, 5.74) is -0.279. The summed E-state index contributed by atoms with van der Waals surface area (Å²) in [6, 6.07) is 0. The highest BCUT2D eigenvalue weighted by atomic mass is 16.5. The molecule has 7 heteroatoms. The van der Waals surface area contributed by atoms with E-state index in [9.17, 15) is 19.2 Å². The minimum Gasteiger partial charge on any atom is -0.375 e. The molecule has 0 N–H and O–H groups in total. The number of carbonyl (C=O) groups excluding carboxylic acids is 4. The lowest BCUT2D eigenvalue weighted by molar-refractivity contribution is -0.138. The van der Waals surface area contributed by atoms with Gasteiger partial charge in [0.15, 0.2) is 0 Å². The molecule has 0 saturated carbocycles. The largest absolute Gasteiger partial charge is 0.375 e. The zero-order valence-corrected chi connectivity index (χ0v) is 14.1. The van der Waals surface area contributed by atoms with Gasteiger partial charge >= 0.3 is 0 Å². The molecule has 4 amide bonds. The van der Waals surface area contributed by atoms with Crippen LogP contribution in [0.15, 0.2) is 24.3 Å². The maximum atomic E-state index is 11.6. The monoisotopic (exact) mass is 346 g/mol. The van der Waals surface area contributed by atoms with Gasteiger partial charge < -0.3 is 4.74 Å². The Kier molecular flexibility index (Phi) is 5.13. The molecule has 3 heterocycles. The van der Waals surface area contributed by atoms with Gasteiger partial charge in [-0.15, -0.1) is 0 Å². The van der Waals surface area contributed by atoms with Crippen LogP contribution in [-0.2, 0) is 23.9 Å². The molecule has 7 nitrogen and oxygen atoms in total. The second-order valence-electron chi connectivity index (χ2n) is 6.67. The third-order valence-corrected chi connectivity index (χ3v) is 5.01. The summed E-state index contributed by atoms with van der Waals surface area (Å²) >= 11 is 0. The molecule has 0 aromatic carbocycles. The van der Waals surface area contributed by atoms with Gasteiger partial charge in [-0.3, -0.25) is 29.0 Å². The maximum Gasteiger partial charge on any atom is 0.253 e. The van der Waals surface area contributed by atoms with Crippen molar-refractivity contribution in [3.63, 3.8) is 0 Å². The molecule has 1 fully saturated rings. The second-order valence-corrected chi connectivity index (χ2v) is 6.67. The molecule has 3 aliphatic rings. The van der Waals surface area contributed by atoms with E-state index < -0.39 is 0 Å². The molecule has 25 heavy (non-hydrogen) atoms. The Hall–Kier alpha value is -2.28. The molecule has 0 bridgehead atoms. The third-order valence-electron chi connectivity index (χ3n) is 5.01. The molecular formula is C18H22N2O5. The van der Waals surface area contributed by atoms with Gasteiger partial charge in [0.05, 0.1) is 5.60 Å². The Morgan fingerprint density at radius 2 is 1.24 bits per heavy atom. The average molecular weight is 346 g/mol. The molecule has 0 aromatic rings. The van der Waals surface area contributed by atoms with Crippen LogP contribution in [0.25, 0.3) is 0 Å². The zero-order chi connectivity index (χ0) is 17.9. The van der Waals surface area contributed by atoms with Gasteiger partial charge in [0.25, 0.3) is 23.6 Å². The molecule has 3 aliphatic heterocycles. The number of hydrogen-bond acceptors (Lipinski definition) is 5. The first-order chi connectivity index (χ1) is 12.0. The van der Waals surface area contributed by atoms with E-state index in [0.29, 0.717) is 32.5 Å². The summed E-state index contributed by atoms with van der Waals surface area (Å²) in [6.45, 7) is 1.48. The van der Waals surface area contributed by atoms with Crippen molar-refractivity contribution in [2.45, 2.75) is 44.1 Å². The van der Waals surface area contributed by atoms with E-state index in [4.69, 9.17) is 4.74 Å². The second kappa shape index (κ2) is 7.31. The summed E-state index contributed by atoms with van der Waals surface area (Å²) in [7, 11) is 0. The highest BCUT2D eigenvalue weighted by Gasteiger charge is 2.35. The number of carbonyl (C=O) groups is 4. The lowest BCUT2D eigenvalue weighted by Crippen LogP contribution is -2.35. The summed E-state index contributed by atoms with van der Waals surface area (Å²) in [6.07, 6.45) is 9.95. The van der Waals surface area contributed by atoms with Gasteiger partial charge in [-0.05, 0) is 38.5 Å². The molecule has 0 aliphatic carbocycles. The lowest BCUT2D eigenvalue weighted by Gasteiger charge is -2.30. The number of amides is 4. The van der Waals surface area contributed by atoms with Gasteiger partial charge in [0.2, 0.25) is 0 Å². The number of imide groups is 2. The van der Waals surface area contributed by atoms with Gasteiger partial charge in [0.1, 0.15) is 0 Å². The van der Waals surface area contributed by atoms with Crippen molar-refractivity contribution in [3.8, 4) is 0 Å². The Balaban J connectivity index is 1.46. The first kappa shape index (κ1) is 17.5. The first-order valence-corrected chi connectivity index (χ1v) is 8.72. The number of hydrogen-bond donors (Lipinski definition) is 0. The van der Waals surface area contributed by atoms with E-state index in [1.54, 1.807) is 0 Å². The molecular weight excluding hydrogens is 324 g/mol. The highest BCUT2D eigenvalue weighted by Crippen LogP contribution is 2.35. The Morgan fingerprint density at radius 3 is 1.60 bits per heavy atom. The Labute approximate surface area is 146 Å². The molecule has 3 rings (SSSR count). The fourth-order valence-electron chi connectivity index (χ4n) is 3.70. The summed E-state index contributed by atoms with van der Waals surface area (Å²) in [4.78, 5) is 48.8. The van der Waals surface area contributed by atoms with E-state index in [0.717, 1.165) is 25.7 Å².